The molecule has 0 radical (unpaired) electrons. The monoisotopic (exact) mass is 542 g/mol. The molecule has 1 rings (SSSR count). The van der Waals surface area contributed by atoms with Gasteiger partial charge in [0.05, 0.1) is 19.8 Å². The maximum atomic E-state index is 11.6. The third kappa shape index (κ3) is 19.5. The summed E-state index contributed by atoms with van der Waals surface area (Å²) in [7, 11) is -4.71. The molecule has 0 heterocycles. The molecule has 0 amide bonds. The van der Waals surface area contributed by atoms with Crippen LogP contribution in [-0.2, 0) is 25.2 Å². The quantitative estimate of drug-likeness (QED) is 0.0891. The van der Waals surface area contributed by atoms with Crippen molar-refractivity contribution in [3.8, 4) is 0 Å². The van der Waals surface area contributed by atoms with Crippen molar-refractivity contribution in [3.05, 3.63) is 35.9 Å². The van der Waals surface area contributed by atoms with E-state index in [-0.39, 0.29) is 19.8 Å². The van der Waals surface area contributed by atoms with Gasteiger partial charge in [-0.1, -0.05) is 134 Å². The van der Waals surface area contributed by atoms with Crippen molar-refractivity contribution in [3.63, 3.8) is 0 Å². The van der Waals surface area contributed by atoms with Crippen molar-refractivity contribution < 1.29 is 33.4 Å². The highest BCUT2D eigenvalue weighted by Gasteiger charge is 2.31. The van der Waals surface area contributed by atoms with Gasteiger partial charge in [0.15, 0.2) is 0 Å². The Morgan fingerprint density at radius 2 is 1.27 bits per heavy atom. The minimum Gasteiger partial charge on any atom is -0.472 e. The molecule has 0 aliphatic heterocycles. The maximum Gasteiger partial charge on any atom is 0.435 e. The van der Waals surface area contributed by atoms with Crippen LogP contribution in [0.2, 0.25) is 0 Å². The average Bonchev–Trinajstić information content (AvgIpc) is 2.89. The molecule has 1 aromatic rings. The molecule has 0 fully saturated rings. The number of hydrogen-bond acceptors (Lipinski definition) is 5. The SMILES string of the molecule is CCCCCCCCCCCCCCCCCCOCC(COP(=O)(O)C(=O)O)OCc1ccccc1. The minimum absolute atomic E-state index is 0.172. The van der Waals surface area contributed by atoms with Gasteiger partial charge in [0.25, 0.3) is 0 Å². The first-order chi connectivity index (χ1) is 18.0. The maximum absolute atomic E-state index is 11.6. The Kier molecular flexibility index (Phi) is 20.7. The van der Waals surface area contributed by atoms with Crippen LogP contribution in [0.15, 0.2) is 30.3 Å². The highest BCUT2D eigenvalue weighted by Crippen LogP contribution is 2.42. The molecule has 37 heavy (non-hydrogen) atoms. The summed E-state index contributed by atoms with van der Waals surface area (Å²) in [5, 5.41) is 8.79. The van der Waals surface area contributed by atoms with Crippen LogP contribution in [0.1, 0.15) is 115 Å². The predicted octanol–water partition coefficient (Wildman–Crippen LogP) is 8.73. The molecule has 0 aliphatic carbocycles. The summed E-state index contributed by atoms with van der Waals surface area (Å²) in [5.74, 6) is 0. The molecule has 7 nitrogen and oxygen atoms in total. The van der Waals surface area contributed by atoms with Crippen LogP contribution >= 0.6 is 7.60 Å². The lowest BCUT2D eigenvalue weighted by Gasteiger charge is -2.19. The van der Waals surface area contributed by atoms with E-state index in [1.54, 1.807) is 0 Å². The number of benzene rings is 1. The van der Waals surface area contributed by atoms with Gasteiger partial charge in [0.2, 0.25) is 0 Å². The highest BCUT2D eigenvalue weighted by molar-refractivity contribution is 7.70. The Bertz CT molecular complexity index is 713. The van der Waals surface area contributed by atoms with Crippen LogP contribution < -0.4 is 0 Å². The van der Waals surface area contributed by atoms with Crippen LogP contribution in [0.3, 0.4) is 0 Å². The summed E-state index contributed by atoms with van der Waals surface area (Å²) in [4.78, 5) is 20.2. The van der Waals surface area contributed by atoms with E-state index in [0.29, 0.717) is 6.61 Å². The summed E-state index contributed by atoms with van der Waals surface area (Å²) in [6.45, 7) is 2.96. The molecular formula is C29H51O7P. The second kappa shape index (κ2) is 22.7. The number of unbranched alkanes of at least 4 members (excludes halogenated alkanes) is 15. The Balaban J connectivity index is 2.04. The Morgan fingerprint density at radius 3 is 1.76 bits per heavy atom. The van der Waals surface area contributed by atoms with Gasteiger partial charge in [0, 0.05) is 6.61 Å². The fourth-order valence-corrected chi connectivity index (χ4v) is 4.62. The van der Waals surface area contributed by atoms with Crippen molar-refractivity contribution in [2.75, 3.05) is 19.8 Å². The number of rotatable bonds is 26. The smallest absolute Gasteiger partial charge is 0.435 e. The third-order valence-corrected chi connectivity index (χ3v) is 7.43. The third-order valence-electron chi connectivity index (χ3n) is 6.45. The minimum atomic E-state index is -4.71. The second-order valence-corrected chi connectivity index (χ2v) is 11.6. The van der Waals surface area contributed by atoms with Gasteiger partial charge in [-0.05, 0) is 12.0 Å². The molecule has 0 saturated carbocycles. The first-order valence-corrected chi connectivity index (χ1v) is 16.0. The van der Waals surface area contributed by atoms with E-state index in [1.807, 2.05) is 30.3 Å². The lowest BCUT2D eigenvalue weighted by Crippen LogP contribution is -2.26. The molecule has 214 valence electrons. The van der Waals surface area contributed by atoms with Crippen LogP contribution in [-0.4, -0.2) is 41.6 Å². The molecule has 0 aromatic heterocycles. The second-order valence-electron chi connectivity index (χ2n) is 9.90. The first kappa shape index (κ1) is 33.8. The van der Waals surface area contributed by atoms with Gasteiger partial charge in [-0.15, -0.1) is 0 Å². The number of hydrogen-bond donors (Lipinski definition) is 2. The lowest BCUT2D eigenvalue weighted by atomic mass is 10.0. The molecule has 0 spiro atoms. The van der Waals surface area contributed by atoms with Crippen LogP contribution in [0.25, 0.3) is 0 Å². The summed E-state index contributed by atoms with van der Waals surface area (Å²) in [6.07, 6.45) is 20.4. The van der Waals surface area contributed by atoms with Crippen molar-refractivity contribution in [2.45, 2.75) is 122 Å². The number of carbonyl (C=O) groups is 1. The summed E-state index contributed by atoms with van der Waals surface area (Å²) < 4.78 is 27.8. The first-order valence-electron chi connectivity index (χ1n) is 14.4. The van der Waals surface area contributed by atoms with E-state index in [9.17, 15) is 14.3 Å². The van der Waals surface area contributed by atoms with Crippen LogP contribution in [0, 0.1) is 0 Å². The van der Waals surface area contributed by atoms with Gasteiger partial charge < -0.3 is 19.5 Å². The Labute approximate surface area is 224 Å². The molecule has 1 aromatic carbocycles. The highest BCUT2D eigenvalue weighted by atomic mass is 31.2. The zero-order chi connectivity index (χ0) is 27.0. The average molecular weight is 543 g/mol. The van der Waals surface area contributed by atoms with Crippen LogP contribution in [0.4, 0.5) is 4.79 Å². The lowest BCUT2D eigenvalue weighted by molar-refractivity contribution is -0.0466. The van der Waals surface area contributed by atoms with Gasteiger partial charge in [-0.3, -0.25) is 4.52 Å². The zero-order valence-electron chi connectivity index (χ0n) is 23.0. The van der Waals surface area contributed by atoms with Crippen molar-refractivity contribution >= 4 is 13.3 Å². The fourth-order valence-electron chi connectivity index (χ4n) is 4.14. The van der Waals surface area contributed by atoms with E-state index < -0.39 is 19.4 Å². The summed E-state index contributed by atoms with van der Waals surface area (Å²) >= 11 is 0. The fraction of sp³-hybridized carbons (Fsp3) is 0.759. The topological polar surface area (TPSA) is 102 Å². The summed E-state index contributed by atoms with van der Waals surface area (Å²) in [6, 6.07) is 9.50. The van der Waals surface area contributed by atoms with Crippen molar-refractivity contribution in [2.24, 2.45) is 0 Å². The zero-order valence-corrected chi connectivity index (χ0v) is 23.9. The number of ether oxygens (including phenoxy) is 2. The standard InChI is InChI=1S/C29H51O7P/c1-2-3-4-5-6-7-8-9-10-11-12-13-14-15-16-20-23-34-25-28(26-36-37(32,33)29(30)31)35-24-27-21-18-17-19-22-27/h17-19,21-22,28H,2-16,20,23-26H2,1H3,(H,30,31)(H,32,33). The normalized spacial score (nSPS) is 13.9. The molecule has 2 atom stereocenters. The van der Waals surface area contributed by atoms with E-state index >= 15 is 0 Å². The Hall–Kier alpha value is -1.24. The summed E-state index contributed by atoms with van der Waals surface area (Å²) in [5.41, 5.74) is -0.931. The molecule has 0 saturated heterocycles. The van der Waals surface area contributed by atoms with Crippen molar-refractivity contribution in [1.82, 2.24) is 0 Å². The molecule has 2 N–H and O–H groups in total. The van der Waals surface area contributed by atoms with Gasteiger partial charge in [0.1, 0.15) is 6.10 Å². The van der Waals surface area contributed by atoms with E-state index in [2.05, 4.69) is 6.92 Å². The van der Waals surface area contributed by atoms with Gasteiger partial charge in [-0.25, -0.2) is 9.36 Å². The predicted molar refractivity (Wildman–Crippen MR) is 149 cm³/mol. The largest absolute Gasteiger partial charge is 0.472 e. The molecule has 2 unspecified atom stereocenters. The van der Waals surface area contributed by atoms with Gasteiger partial charge >= 0.3 is 13.3 Å². The molecule has 0 bridgehead atoms. The van der Waals surface area contributed by atoms with Gasteiger partial charge in [-0.2, -0.15) is 0 Å². The van der Waals surface area contributed by atoms with Crippen LogP contribution in [0.5, 0.6) is 0 Å². The van der Waals surface area contributed by atoms with E-state index in [0.717, 1.165) is 18.4 Å². The number of carboxylic acid groups (broad SMARTS) is 1. The molecular weight excluding hydrogens is 491 g/mol. The van der Waals surface area contributed by atoms with E-state index in [1.165, 1.54) is 89.9 Å². The van der Waals surface area contributed by atoms with Crippen molar-refractivity contribution in [1.29, 1.82) is 0 Å². The molecule has 0 aliphatic rings. The Morgan fingerprint density at radius 1 is 0.784 bits per heavy atom. The van der Waals surface area contributed by atoms with E-state index in [4.69, 9.17) is 19.1 Å². The molecule has 8 heteroatoms.